The number of hydrogen-bond acceptors (Lipinski definition) is 4. The summed E-state index contributed by atoms with van der Waals surface area (Å²) in [5.74, 6) is -0.394. The van der Waals surface area contributed by atoms with E-state index in [1.807, 2.05) is 43.4 Å². The predicted octanol–water partition coefficient (Wildman–Crippen LogP) is 5.76. The highest BCUT2D eigenvalue weighted by atomic mass is 16.4. The Morgan fingerprint density at radius 1 is 1.23 bits per heavy atom. The summed E-state index contributed by atoms with van der Waals surface area (Å²) in [5.41, 5.74) is 1.21. The Balaban J connectivity index is 1.91. The molecule has 0 saturated heterocycles. The number of carboxylic acids is 1. The van der Waals surface area contributed by atoms with Crippen molar-refractivity contribution in [3.05, 3.63) is 60.2 Å². The van der Waals surface area contributed by atoms with Crippen molar-refractivity contribution >= 4 is 11.7 Å². The molecule has 1 unspecified atom stereocenters. The van der Waals surface area contributed by atoms with Crippen LogP contribution in [0.4, 0.5) is 0 Å². The van der Waals surface area contributed by atoms with Crippen LogP contribution in [0.3, 0.4) is 0 Å². The first-order chi connectivity index (χ1) is 15.0. The summed E-state index contributed by atoms with van der Waals surface area (Å²) in [5, 5.41) is 32.7. The molecule has 1 aliphatic carbocycles. The first-order valence-corrected chi connectivity index (χ1v) is 11.5. The molecule has 3 N–H and O–H groups in total. The summed E-state index contributed by atoms with van der Waals surface area (Å²) in [6.45, 7) is 2.00. The average molecular weight is 428 g/mol. The molecule has 0 spiro atoms. The Morgan fingerprint density at radius 3 is 2.68 bits per heavy atom. The van der Waals surface area contributed by atoms with Crippen molar-refractivity contribution in [2.45, 2.75) is 76.7 Å². The first-order valence-electron chi connectivity index (χ1n) is 11.5. The third-order valence-corrected chi connectivity index (χ3v) is 6.30. The topological polar surface area (TPSA) is 90.1 Å². The van der Waals surface area contributed by atoms with Crippen LogP contribution < -0.4 is 0 Å². The molecule has 5 heteroatoms. The standard InChI is InChI=1S/C26H37NO4/c1-2-26(30,19-10-13-21-11-6-5-7-12-21)20-18-23-22(16-17-24(23)27-31)14-8-3-4-9-15-25(28)29/h3,5-8,11-12,18,20,22-23,30-31H,2,4,9-10,13-17,19H2,1H3,(H,28,29)/b8-3-,20-18+,27-24-/t22-,23+,26?/m0/s1. The van der Waals surface area contributed by atoms with Gasteiger partial charge in [0.1, 0.15) is 0 Å². The number of aliphatic carboxylic acids is 1. The normalized spacial score (nSPS) is 22.5. The maximum Gasteiger partial charge on any atom is 0.303 e. The van der Waals surface area contributed by atoms with Crippen LogP contribution in [0.25, 0.3) is 0 Å². The van der Waals surface area contributed by atoms with E-state index in [1.54, 1.807) is 0 Å². The smallest absolute Gasteiger partial charge is 0.303 e. The van der Waals surface area contributed by atoms with E-state index < -0.39 is 11.6 Å². The number of nitrogens with zero attached hydrogens (tertiary/aromatic N) is 1. The monoisotopic (exact) mass is 427 g/mol. The van der Waals surface area contributed by atoms with Gasteiger partial charge in [-0.2, -0.15) is 0 Å². The number of carboxylic acid groups (broad SMARTS) is 1. The highest BCUT2D eigenvalue weighted by Gasteiger charge is 2.32. The Morgan fingerprint density at radius 2 is 2.00 bits per heavy atom. The van der Waals surface area contributed by atoms with Gasteiger partial charge in [-0.25, -0.2) is 0 Å². The molecule has 0 amide bonds. The lowest BCUT2D eigenvalue weighted by Crippen LogP contribution is -2.26. The molecule has 1 fully saturated rings. The quantitative estimate of drug-likeness (QED) is 0.161. The Kier molecular flexibility index (Phi) is 10.5. The summed E-state index contributed by atoms with van der Waals surface area (Å²) < 4.78 is 0. The van der Waals surface area contributed by atoms with Crippen molar-refractivity contribution < 1.29 is 20.2 Å². The van der Waals surface area contributed by atoms with Crippen molar-refractivity contribution in [3.8, 4) is 0 Å². The van der Waals surface area contributed by atoms with Crippen molar-refractivity contribution in [2.24, 2.45) is 17.0 Å². The van der Waals surface area contributed by atoms with Gasteiger partial charge in [0, 0.05) is 12.3 Å². The van der Waals surface area contributed by atoms with Crippen molar-refractivity contribution in [2.75, 3.05) is 0 Å². The molecular formula is C26H37NO4. The predicted molar refractivity (Wildman–Crippen MR) is 124 cm³/mol. The minimum Gasteiger partial charge on any atom is -0.481 e. The molecule has 1 aromatic carbocycles. The Labute approximate surface area is 186 Å². The van der Waals surface area contributed by atoms with Crippen LogP contribution in [0.15, 0.2) is 59.8 Å². The van der Waals surface area contributed by atoms with E-state index >= 15 is 0 Å². The SMILES string of the molecule is CCC(O)(/C=C/[C@H]1/C(=N\O)CC[C@@H]1C/C=C\CCCC(=O)O)CCCc1ccccc1. The number of allylic oxidation sites excluding steroid dienone is 3. The fraction of sp³-hybridized carbons (Fsp3) is 0.538. The number of unbranched alkanes of at least 4 members (excludes halogenated alkanes) is 1. The van der Waals surface area contributed by atoms with Crippen LogP contribution in [0.1, 0.15) is 70.3 Å². The lowest BCUT2D eigenvalue weighted by molar-refractivity contribution is -0.137. The Bertz CT molecular complexity index is 756. The van der Waals surface area contributed by atoms with Gasteiger partial charge in [0.25, 0.3) is 0 Å². The summed E-state index contributed by atoms with van der Waals surface area (Å²) in [7, 11) is 0. The van der Waals surface area contributed by atoms with Gasteiger partial charge >= 0.3 is 5.97 Å². The minimum atomic E-state index is -0.852. The third kappa shape index (κ3) is 8.70. The van der Waals surface area contributed by atoms with Crippen LogP contribution in [0.5, 0.6) is 0 Å². The molecule has 0 heterocycles. The molecule has 1 saturated carbocycles. The lowest BCUT2D eigenvalue weighted by Gasteiger charge is -2.24. The number of benzene rings is 1. The van der Waals surface area contributed by atoms with E-state index in [-0.39, 0.29) is 12.3 Å². The molecule has 5 nitrogen and oxygen atoms in total. The zero-order valence-electron chi connectivity index (χ0n) is 18.6. The number of carbonyl (C=O) groups is 1. The second-order valence-electron chi connectivity index (χ2n) is 8.56. The van der Waals surface area contributed by atoms with Crippen molar-refractivity contribution in [3.63, 3.8) is 0 Å². The summed E-state index contributed by atoms with van der Waals surface area (Å²) in [6, 6.07) is 10.3. The minimum absolute atomic E-state index is 0.0286. The molecule has 0 aliphatic heterocycles. The number of hydrogen-bond donors (Lipinski definition) is 3. The van der Waals surface area contributed by atoms with Gasteiger partial charge in [0.05, 0.1) is 11.3 Å². The highest BCUT2D eigenvalue weighted by molar-refractivity contribution is 5.90. The van der Waals surface area contributed by atoms with Crippen LogP contribution in [0.2, 0.25) is 0 Å². The molecule has 0 bridgehead atoms. The number of oxime groups is 1. The van der Waals surface area contributed by atoms with E-state index in [0.717, 1.165) is 44.2 Å². The summed E-state index contributed by atoms with van der Waals surface area (Å²) in [4.78, 5) is 10.6. The van der Waals surface area contributed by atoms with E-state index in [9.17, 15) is 15.1 Å². The van der Waals surface area contributed by atoms with Gasteiger partial charge in [0.2, 0.25) is 0 Å². The van der Waals surface area contributed by atoms with Gasteiger partial charge in [0.15, 0.2) is 0 Å². The van der Waals surface area contributed by atoms with Gasteiger partial charge in [-0.3, -0.25) is 4.79 Å². The molecular weight excluding hydrogens is 390 g/mol. The highest BCUT2D eigenvalue weighted by Crippen LogP contribution is 2.35. The fourth-order valence-electron chi connectivity index (χ4n) is 4.26. The van der Waals surface area contributed by atoms with Gasteiger partial charge in [-0.1, -0.05) is 66.7 Å². The van der Waals surface area contributed by atoms with Crippen LogP contribution in [-0.4, -0.2) is 32.7 Å². The van der Waals surface area contributed by atoms with E-state index in [4.69, 9.17) is 5.11 Å². The van der Waals surface area contributed by atoms with Gasteiger partial charge in [-0.15, -0.1) is 0 Å². The second kappa shape index (κ2) is 13.1. The number of aryl methyl sites for hydroxylation is 1. The van der Waals surface area contributed by atoms with Crippen LogP contribution in [-0.2, 0) is 11.2 Å². The summed E-state index contributed by atoms with van der Waals surface area (Å²) in [6.07, 6.45) is 15.5. The molecule has 0 aromatic heterocycles. The van der Waals surface area contributed by atoms with Crippen LogP contribution >= 0.6 is 0 Å². The Hall–Kier alpha value is -2.40. The number of aliphatic hydroxyl groups is 1. The zero-order chi connectivity index (χ0) is 22.5. The lowest BCUT2D eigenvalue weighted by atomic mass is 9.87. The molecule has 2 rings (SSSR count). The van der Waals surface area contributed by atoms with Gasteiger partial charge in [-0.05, 0) is 69.3 Å². The van der Waals surface area contributed by atoms with E-state index in [0.29, 0.717) is 25.2 Å². The van der Waals surface area contributed by atoms with Crippen LogP contribution in [0, 0.1) is 11.8 Å². The maximum atomic E-state index is 11.1. The summed E-state index contributed by atoms with van der Waals surface area (Å²) >= 11 is 0. The largest absolute Gasteiger partial charge is 0.481 e. The van der Waals surface area contributed by atoms with E-state index in [1.165, 1.54) is 5.56 Å². The molecule has 170 valence electrons. The molecule has 31 heavy (non-hydrogen) atoms. The first kappa shape index (κ1) is 24.9. The third-order valence-electron chi connectivity index (χ3n) is 6.30. The molecule has 3 atom stereocenters. The molecule has 1 aliphatic rings. The fourth-order valence-corrected chi connectivity index (χ4v) is 4.26. The van der Waals surface area contributed by atoms with Crippen molar-refractivity contribution in [1.82, 2.24) is 0 Å². The zero-order valence-corrected chi connectivity index (χ0v) is 18.6. The maximum absolute atomic E-state index is 11.1. The van der Waals surface area contributed by atoms with E-state index in [2.05, 4.69) is 23.4 Å². The molecule has 0 radical (unpaired) electrons. The van der Waals surface area contributed by atoms with Crippen molar-refractivity contribution in [1.29, 1.82) is 0 Å². The van der Waals surface area contributed by atoms with Gasteiger partial charge < -0.3 is 15.4 Å². The second-order valence-corrected chi connectivity index (χ2v) is 8.56. The molecule has 1 aromatic rings. The number of rotatable bonds is 13. The average Bonchev–Trinajstić information content (AvgIpc) is 3.17.